The molecule has 2 aliphatic rings. The van der Waals surface area contributed by atoms with E-state index < -0.39 is 0 Å². The van der Waals surface area contributed by atoms with Crippen molar-refractivity contribution in [3.63, 3.8) is 0 Å². The Morgan fingerprint density at radius 1 is 1.20 bits per heavy atom. The summed E-state index contributed by atoms with van der Waals surface area (Å²) in [5.74, 6) is 2.46. The summed E-state index contributed by atoms with van der Waals surface area (Å²) in [6.45, 7) is 7.68. The Hall–Kier alpha value is -1.30. The zero-order chi connectivity index (χ0) is 17.6. The fraction of sp³-hybridized carbons (Fsp3) is 0.700. The Morgan fingerprint density at radius 2 is 2.00 bits per heavy atom. The van der Waals surface area contributed by atoms with Crippen LogP contribution in [-0.2, 0) is 4.74 Å². The topological polar surface area (TPSA) is 43.0 Å². The van der Waals surface area contributed by atoms with E-state index in [1.165, 1.54) is 44.5 Å². The Bertz CT molecular complexity index is 538. The summed E-state index contributed by atoms with van der Waals surface area (Å²) in [6.07, 6.45) is 3.64. The number of likely N-dealkylation sites (tertiary alicyclic amines) is 1. The minimum absolute atomic E-state index is 0.264. The molecule has 0 unspecified atom stereocenters. The van der Waals surface area contributed by atoms with Crippen LogP contribution in [0.3, 0.4) is 0 Å². The fourth-order valence-electron chi connectivity index (χ4n) is 3.99. The molecule has 2 fully saturated rings. The van der Waals surface area contributed by atoms with Crippen LogP contribution in [0.15, 0.2) is 18.2 Å². The summed E-state index contributed by atoms with van der Waals surface area (Å²) in [7, 11) is 3.40. The molecule has 1 N–H and O–H groups in total. The van der Waals surface area contributed by atoms with Crippen molar-refractivity contribution in [2.75, 3.05) is 47.1 Å². The second-order valence-corrected chi connectivity index (χ2v) is 7.30. The third kappa shape index (κ3) is 4.87. The van der Waals surface area contributed by atoms with Crippen LogP contribution in [0, 0.1) is 5.92 Å². The van der Waals surface area contributed by atoms with Crippen molar-refractivity contribution >= 4 is 0 Å². The van der Waals surface area contributed by atoms with E-state index in [1.807, 2.05) is 12.1 Å². The molecule has 0 radical (unpaired) electrons. The second kappa shape index (κ2) is 8.88. The smallest absolute Gasteiger partial charge is 0.127 e. The molecule has 3 rings (SSSR count). The number of piperidine rings is 1. The highest BCUT2D eigenvalue weighted by Crippen LogP contribution is 2.30. The van der Waals surface area contributed by atoms with Crippen LogP contribution in [0.5, 0.6) is 11.5 Å². The van der Waals surface area contributed by atoms with Crippen molar-refractivity contribution in [3.8, 4) is 11.5 Å². The highest BCUT2D eigenvalue weighted by atomic mass is 16.5. The highest BCUT2D eigenvalue weighted by molar-refractivity contribution is 5.42. The summed E-state index contributed by atoms with van der Waals surface area (Å²) >= 11 is 0. The number of nitrogens with one attached hydrogen (secondary N) is 1. The standard InChI is InChI=1S/C20H32N2O3/c1-15(19-5-4-18(23-2)12-20(19)24-3)21-17-6-9-22(10-7-17)13-16-8-11-25-14-16/h4-5,12,15-17,21H,6-11,13-14H2,1-3H3/t15-,16-/m0/s1. The predicted octanol–water partition coefficient (Wildman–Crippen LogP) is 2.86. The molecule has 0 amide bonds. The number of methoxy groups -OCH3 is 2. The monoisotopic (exact) mass is 348 g/mol. The number of nitrogens with zero attached hydrogens (tertiary/aromatic N) is 1. The first-order chi connectivity index (χ1) is 12.2. The summed E-state index contributed by atoms with van der Waals surface area (Å²) < 4.78 is 16.3. The maximum Gasteiger partial charge on any atom is 0.127 e. The number of ether oxygens (including phenoxy) is 3. The third-order valence-corrected chi connectivity index (χ3v) is 5.52. The third-order valence-electron chi connectivity index (χ3n) is 5.52. The molecule has 0 spiro atoms. The van der Waals surface area contributed by atoms with Gasteiger partial charge in [-0.3, -0.25) is 0 Å². The van der Waals surface area contributed by atoms with Gasteiger partial charge in [0.05, 0.1) is 20.8 Å². The van der Waals surface area contributed by atoms with E-state index in [1.54, 1.807) is 14.2 Å². The van der Waals surface area contributed by atoms with Crippen molar-refractivity contribution < 1.29 is 14.2 Å². The molecule has 2 heterocycles. The van der Waals surface area contributed by atoms with Crippen molar-refractivity contribution in [3.05, 3.63) is 23.8 Å². The maximum atomic E-state index is 5.55. The van der Waals surface area contributed by atoms with Crippen LogP contribution < -0.4 is 14.8 Å². The first-order valence-corrected chi connectivity index (χ1v) is 9.47. The van der Waals surface area contributed by atoms with Gasteiger partial charge in [-0.1, -0.05) is 6.07 Å². The molecule has 140 valence electrons. The van der Waals surface area contributed by atoms with Gasteiger partial charge in [0.2, 0.25) is 0 Å². The van der Waals surface area contributed by atoms with E-state index in [-0.39, 0.29) is 6.04 Å². The second-order valence-electron chi connectivity index (χ2n) is 7.30. The molecule has 0 aromatic heterocycles. The molecule has 2 atom stereocenters. The molecule has 5 heteroatoms. The SMILES string of the molecule is COc1ccc([C@H](C)NC2CCN(C[C@@H]3CCOC3)CC2)c(OC)c1. The molecule has 2 aliphatic heterocycles. The lowest BCUT2D eigenvalue weighted by atomic mass is 9.99. The summed E-state index contributed by atoms with van der Waals surface area (Å²) in [5, 5.41) is 3.79. The van der Waals surface area contributed by atoms with E-state index in [0.717, 1.165) is 30.6 Å². The first-order valence-electron chi connectivity index (χ1n) is 9.47. The van der Waals surface area contributed by atoms with Crippen LogP contribution >= 0.6 is 0 Å². The molecular formula is C20H32N2O3. The summed E-state index contributed by atoms with van der Waals surface area (Å²) in [5.41, 5.74) is 1.19. The normalized spacial score (nSPS) is 23.6. The van der Waals surface area contributed by atoms with Crippen LogP contribution in [0.4, 0.5) is 0 Å². The molecule has 0 saturated carbocycles. The quantitative estimate of drug-likeness (QED) is 0.821. The summed E-state index contributed by atoms with van der Waals surface area (Å²) in [6, 6.07) is 6.89. The van der Waals surface area contributed by atoms with Gasteiger partial charge in [0.15, 0.2) is 0 Å². The molecule has 0 aliphatic carbocycles. The molecule has 1 aromatic carbocycles. The van der Waals surface area contributed by atoms with Gasteiger partial charge < -0.3 is 24.4 Å². The van der Waals surface area contributed by atoms with Crippen LogP contribution in [0.25, 0.3) is 0 Å². The van der Waals surface area contributed by atoms with E-state index in [4.69, 9.17) is 14.2 Å². The van der Waals surface area contributed by atoms with Gasteiger partial charge >= 0.3 is 0 Å². The number of benzene rings is 1. The first kappa shape index (κ1) is 18.5. The number of hydrogen-bond donors (Lipinski definition) is 1. The van der Waals surface area contributed by atoms with E-state index >= 15 is 0 Å². The lowest BCUT2D eigenvalue weighted by molar-refractivity contribution is 0.145. The average Bonchev–Trinajstić information content (AvgIpc) is 3.15. The Kier molecular flexibility index (Phi) is 6.57. The maximum absolute atomic E-state index is 5.55. The summed E-state index contributed by atoms with van der Waals surface area (Å²) in [4.78, 5) is 2.61. The molecular weight excluding hydrogens is 316 g/mol. The Labute approximate surface area is 151 Å². The molecule has 1 aromatic rings. The van der Waals surface area contributed by atoms with Crippen LogP contribution in [0.1, 0.15) is 37.8 Å². The predicted molar refractivity (Wildman–Crippen MR) is 99.5 cm³/mol. The molecule has 0 bridgehead atoms. The Balaban J connectivity index is 1.49. The van der Waals surface area contributed by atoms with Crippen LogP contribution in [-0.4, -0.2) is 58.0 Å². The molecule has 5 nitrogen and oxygen atoms in total. The highest BCUT2D eigenvalue weighted by Gasteiger charge is 2.25. The zero-order valence-corrected chi connectivity index (χ0v) is 15.8. The van der Waals surface area contributed by atoms with Gasteiger partial charge in [-0.15, -0.1) is 0 Å². The minimum atomic E-state index is 0.264. The lowest BCUT2D eigenvalue weighted by Gasteiger charge is -2.35. The van der Waals surface area contributed by atoms with Gasteiger partial charge in [-0.05, 0) is 51.3 Å². The van der Waals surface area contributed by atoms with Gasteiger partial charge in [-0.2, -0.15) is 0 Å². The lowest BCUT2D eigenvalue weighted by Crippen LogP contribution is -2.44. The van der Waals surface area contributed by atoms with Gasteiger partial charge in [0.25, 0.3) is 0 Å². The van der Waals surface area contributed by atoms with Gasteiger partial charge in [0, 0.05) is 36.9 Å². The van der Waals surface area contributed by atoms with Crippen molar-refractivity contribution in [2.45, 2.75) is 38.3 Å². The average molecular weight is 348 g/mol. The fourth-order valence-corrected chi connectivity index (χ4v) is 3.99. The number of rotatable bonds is 7. The van der Waals surface area contributed by atoms with Crippen LogP contribution in [0.2, 0.25) is 0 Å². The largest absolute Gasteiger partial charge is 0.497 e. The van der Waals surface area contributed by atoms with Crippen molar-refractivity contribution in [1.82, 2.24) is 10.2 Å². The van der Waals surface area contributed by atoms with E-state index in [0.29, 0.717) is 6.04 Å². The Morgan fingerprint density at radius 3 is 2.64 bits per heavy atom. The van der Waals surface area contributed by atoms with Crippen molar-refractivity contribution in [1.29, 1.82) is 0 Å². The van der Waals surface area contributed by atoms with Gasteiger partial charge in [0.1, 0.15) is 11.5 Å². The minimum Gasteiger partial charge on any atom is -0.497 e. The molecule has 2 saturated heterocycles. The van der Waals surface area contributed by atoms with Gasteiger partial charge in [-0.25, -0.2) is 0 Å². The number of hydrogen-bond acceptors (Lipinski definition) is 5. The van der Waals surface area contributed by atoms with E-state index in [9.17, 15) is 0 Å². The van der Waals surface area contributed by atoms with Crippen molar-refractivity contribution in [2.24, 2.45) is 5.92 Å². The van der Waals surface area contributed by atoms with E-state index in [2.05, 4.69) is 23.2 Å². The molecule has 25 heavy (non-hydrogen) atoms. The zero-order valence-electron chi connectivity index (χ0n) is 15.8.